The normalized spacial score (nSPS) is 14.8. The number of urea groups is 1. The van der Waals surface area contributed by atoms with E-state index < -0.39 is 34.3 Å². The molecular formula is C25H18F3N3O5. The van der Waals surface area contributed by atoms with Gasteiger partial charge in [0, 0.05) is 6.07 Å². The molecule has 0 radical (unpaired) electrons. The number of nitro benzene ring substituents is 1. The molecule has 4 rings (SSSR count). The number of rotatable bonds is 6. The zero-order chi connectivity index (χ0) is 26.0. The Morgan fingerprint density at radius 1 is 1.03 bits per heavy atom. The van der Waals surface area contributed by atoms with E-state index in [0.29, 0.717) is 17.7 Å². The first-order valence-corrected chi connectivity index (χ1v) is 10.5. The van der Waals surface area contributed by atoms with Crippen molar-refractivity contribution >= 4 is 23.7 Å². The van der Waals surface area contributed by atoms with Crippen LogP contribution in [0.3, 0.4) is 0 Å². The third-order valence-corrected chi connectivity index (χ3v) is 5.33. The van der Waals surface area contributed by atoms with Crippen LogP contribution in [-0.2, 0) is 17.5 Å². The minimum atomic E-state index is -4.73. The first-order chi connectivity index (χ1) is 17.0. The van der Waals surface area contributed by atoms with Gasteiger partial charge in [-0.05, 0) is 48.4 Å². The monoisotopic (exact) mass is 497 g/mol. The number of hydrogen-bond acceptors (Lipinski definition) is 5. The molecule has 1 aliphatic heterocycles. The molecule has 3 aromatic carbocycles. The fourth-order valence-electron chi connectivity index (χ4n) is 3.44. The maximum absolute atomic E-state index is 12.9. The van der Waals surface area contributed by atoms with E-state index in [4.69, 9.17) is 4.74 Å². The van der Waals surface area contributed by atoms with Gasteiger partial charge in [-0.15, -0.1) is 0 Å². The number of ether oxygens (including phenoxy) is 1. The first kappa shape index (κ1) is 24.5. The van der Waals surface area contributed by atoms with E-state index in [1.54, 1.807) is 0 Å². The van der Waals surface area contributed by atoms with Crippen molar-refractivity contribution in [2.24, 2.45) is 0 Å². The molecule has 0 bridgehead atoms. The highest BCUT2D eigenvalue weighted by Crippen LogP contribution is 2.37. The van der Waals surface area contributed by atoms with Crippen LogP contribution in [0.15, 0.2) is 72.4 Å². The maximum atomic E-state index is 12.9. The van der Waals surface area contributed by atoms with Crippen molar-refractivity contribution in [1.82, 2.24) is 10.2 Å². The summed E-state index contributed by atoms with van der Waals surface area (Å²) < 4.78 is 44.1. The van der Waals surface area contributed by atoms with Crippen LogP contribution in [0, 0.1) is 17.0 Å². The number of alkyl halides is 3. The zero-order valence-corrected chi connectivity index (χ0v) is 18.7. The number of amides is 3. The molecule has 0 atom stereocenters. The minimum Gasteiger partial charge on any atom is -0.450 e. The van der Waals surface area contributed by atoms with Crippen LogP contribution in [0.2, 0.25) is 0 Å². The lowest BCUT2D eigenvalue weighted by Gasteiger charge is -2.11. The van der Waals surface area contributed by atoms with Crippen LogP contribution in [0.5, 0.6) is 11.5 Å². The number of nitrogens with one attached hydrogen (secondary N) is 1. The molecule has 184 valence electrons. The quantitative estimate of drug-likeness (QED) is 0.201. The van der Waals surface area contributed by atoms with Crippen molar-refractivity contribution in [3.05, 3.63) is 105 Å². The van der Waals surface area contributed by atoms with Gasteiger partial charge in [0.05, 0.1) is 17.0 Å². The predicted octanol–water partition coefficient (Wildman–Crippen LogP) is 5.81. The molecule has 1 fully saturated rings. The summed E-state index contributed by atoms with van der Waals surface area (Å²) in [6, 6.07) is 14.8. The van der Waals surface area contributed by atoms with E-state index in [1.807, 2.05) is 31.2 Å². The summed E-state index contributed by atoms with van der Waals surface area (Å²) in [5, 5.41) is 13.8. The molecular weight excluding hydrogens is 479 g/mol. The van der Waals surface area contributed by atoms with Gasteiger partial charge in [-0.25, -0.2) is 4.79 Å². The van der Waals surface area contributed by atoms with Gasteiger partial charge in [0.1, 0.15) is 11.4 Å². The maximum Gasteiger partial charge on any atom is 0.416 e. The fraction of sp³-hybridized carbons (Fsp3) is 0.120. The lowest BCUT2D eigenvalue weighted by atomic mass is 10.1. The third kappa shape index (κ3) is 5.35. The van der Waals surface area contributed by atoms with Gasteiger partial charge in [0.25, 0.3) is 5.91 Å². The Morgan fingerprint density at radius 3 is 2.31 bits per heavy atom. The van der Waals surface area contributed by atoms with Crippen LogP contribution >= 0.6 is 0 Å². The number of carbonyl (C=O) groups is 2. The fourth-order valence-corrected chi connectivity index (χ4v) is 3.44. The molecule has 3 amide bonds. The molecule has 0 aromatic heterocycles. The number of hydrogen-bond donors (Lipinski definition) is 1. The van der Waals surface area contributed by atoms with Crippen molar-refractivity contribution in [3.63, 3.8) is 0 Å². The van der Waals surface area contributed by atoms with Crippen LogP contribution in [0.1, 0.15) is 22.3 Å². The third-order valence-electron chi connectivity index (χ3n) is 5.33. The molecule has 11 heteroatoms. The van der Waals surface area contributed by atoms with Gasteiger partial charge in [-0.1, -0.05) is 42.0 Å². The molecule has 36 heavy (non-hydrogen) atoms. The number of benzene rings is 3. The highest BCUT2D eigenvalue weighted by atomic mass is 19.4. The van der Waals surface area contributed by atoms with Crippen molar-refractivity contribution in [2.45, 2.75) is 19.6 Å². The lowest BCUT2D eigenvalue weighted by molar-refractivity contribution is -0.385. The molecule has 1 saturated heterocycles. The summed E-state index contributed by atoms with van der Waals surface area (Å²) >= 11 is 0. The Bertz CT molecular complexity index is 1370. The molecule has 0 aliphatic carbocycles. The second kappa shape index (κ2) is 9.53. The van der Waals surface area contributed by atoms with Gasteiger partial charge >= 0.3 is 17.9 Å². The number of aryl methyl sites for hydroxylation is 1. The van der Waals surface area contributed by atoms with Crippen molar-refractivity contribution in [2.75, 3.05) is 0 Å². The van der Waals surface area contributed by atoms with E-state index in [0.717, 1.165) is 22.1 Å². The van der Waals surface area contributed by atoms with E-state index >= 15 is 0 Å². The van der Waals surface area contributed by atoms with Crippen molar-refractivity contribution in [3.8, 4) is 11.5 Å². The Kier molecular flexibility index (Phi) is 6.47. The van der Waals surface area contributed by atoms with E-state index in [2.05, 4.69) is 5.32 Å². The summed E-state index contributed by atoms with van der Waals surface area (Å²) in [5.41, 5.74) is 0.442. The number of imide groups is 1. The number of nitrogens with zero attached hydrogens (tertiary/aromatic N) is 2. The largest absolute Gasteiger partial charge is 0.450 e. The smallest absolute Gasteiger partial charge is 0.416 e. The van der Waals surface area contributed by atoms with E-state index in [-0.39, 0.29) is 23.7 Å². The van der Waals surface area contributed by atoms with Gasteiger partial charge in [0.2, 0.25) is 5.75 Å². The van der Waals surface area contributed by atoms with E-state index in [9.17, 15) is 32.9 Å². The van der Waals surface area contributed by atoms with Crippen molar-refractivity contribution in [1.29, 1.82) is 0 Å². The lowest BCUT2D eigenvalue weighted by Crippen LogP contribution is -2.30. The number of halogens is 3. The number of nitro groups is 1. The predicted molar refractivity (Wildman–Crippen MR) is 123 cm³/mol. The Hall–Kier alpha value is -4.67. The number of carbonyl (C=O) groups excluding carboxylic acids is 2. The highest BCUT2D eigenvalue weighted by Gasteiger charge is 2.34. The van der Waals surface area contributed by atoms with Crippen molar-refractivity contribution < 1.29 is 32.4 Å². The molecule has 0 unspecified atom stereocenters. The average Bonchev–Trinajstić information content (AvgIpc) is 3.08. The van der Waals surface area contributed by atoms with Gasteiger partial charge < -0.3 is 10.1 Å². The molecule has 8 nitrogen and oxygen atoms in total. The van der Waals surface area contributed by atoms with E-state index in [1.165, 1.54) is 30.3 Å². The Morgan fingerprint density at radius 2 is 1.69 bits per heavy atom. The summed E-state index contributed by atoms with van der Waals surface area (Å²) in [6.45, 7) is 2.04. The summed E-state index contributed by atoms with van der Waals surface area (Å²) in [5.74, 6) is -0.729. The standard InChI is InChI=1S/C25H18F3N3O5/c1-15-2-4-17(5-3-15)14-30-23(32)20(29-24(30)33)12-16-6-9-19(10-7-16)36-22-11-8-18(25(26,27)28)13-21(22)31(34)35/h2-13H,14H2,1H3,(H,29,33)/b20-12+. The highest BCUT2D eigenvalue weighted by molar-refractivity contribution is 6.13. The van der Waals surface area contributed by atoms with Crippen LogP contribution in [0.4, 0.5) is 23.7 Å². The molecule has 0 spiro atoms. The molecule has 1 aliphatic rings. The SMILES string of the molecule is Cc1ccc(CN2C(=O)N/C(=C/c3ccc(Oc4ccc(C(F)(F)F)cc4[N+](=O)[O-])cc3)C2=O)cc1. The molecule has 0 saturated carbocycles. The Balaban J connectivity index is 1.49. The average molecular weight is 497 g/mol. The molecule has 3 aromatic rings. The van der Waals surface area contributed by atoms with Gasteiger partial charge in [-0.2, -0.15) is 13.2 Å². The van der Waals surface area contributed by atoms with Crippen LogP contribution < -0.4 is 10.1 Å². The van der Waals surface area contributed by atoms with Crippen LogP contribution in [0.25, 0.3) is 6.08 Å². The van der Waals surface area contributed by atoms with Crippen LogP contribution in [-0.4, -0.2) is 21.8 Å². The van der Waals surface area contributed by atoms with Gasteiger partial charge in [-0.3, -0.25) is 19.8 Å². The first-order valence-electron chi connectivity index (χ1n) is 10.5. The topological polar surface area (TPSA) is 102 Å². The molecule has 1 heterocycles. The van der Waals surface area contributed by atoms with Gasteiger partial charge in [0.15, 0.2) is 0 Å². The summed E-state index contributed by atoms with van der Waals surface area (Å²) in [6.07, 6.45) is -3.28. The second-order valence-corrected chi connectivity index (χ2v) is 7.97. The summed E-state index contributed by atoms with van der Waals surface area (Å²) in [7, 11) is 0. The molecule has 1 N–H and O–H groups in total. The minimum absolute atomic E-state index is 0.0687. The zero-order valence-electron chi connectivity index (χ0n) is 18.7. The Labute approximate surface area is 202 Å². The second-order valence-electron chi connectivity index (χ2n) is 7.97. The summed E-state index contributed by atoms with van der Waals surface area (Å²) in [4.78, 5) is 36.4.